The summed E-state index contributed by atoms with van der Waals surface area (Å²) in [5, 5.41) is 0.430. The lowest BCUT2D eigenvalue weighted by Gasteiger charge is -2.13. The number of benzene rings is 1. The van der Waals surface area contributed by atoms with Crippen molar-refractivity contribution in [2.24, 2.45) is 0 Å². The normalized spacial score (nSPS) is 10.6. The highest BCUT2D eigenvalue weighted by atomic mass is 32.2. The van der Waals surface area contributed by atoms with Crippen LogP contribution in [0.1, 0.15) is 16.8 Å². The molecule has 2 heterocycles. The van der Waals surface area contributed by atoms with Gasteiger partial charge in [-0.1, -0.05) is 0 Å². The number of nitrogens with zero attached hydrogens (tertiary/aromatic N) is 2. The lowest BCUT2D eigenvalue weighted by Crippen LogP contribution is -2.10. The van der Waals surface area contributed by atoms with E-state index in [1.165, 1.54) is 0 Å². The maximum absolute atomic E-state index is 12.7. The van der Waals surface area contributed by atoms with Crippen LogP contribution in [0.25, 0.3) is 11.0 Å². The van der Waals surface area contributed by atoms with Crippen molar-refractivity contribution in [1.82, 2.24) is 15.0 Å². The van der Waals surface area contributed by atoms with E-state index in [1.54, 1.807) is 20.4 Å². The quantitative estimate of drug-likeness (QED) is 0.427. The van der Waals surface area contributed by atoms with Gasteiger partial charge in [0, 0.05) is 34.6 Å². The van der Waals surface area contributed by atoms with E-state index in [2.05, 4.69) is 15.0 Å². The summed E-state index contributed by atoms with van der Waals surface area (Å²) in [5.41, 5.74) is 4.16. The Labute approximate surface area is 182 Å². The summed E-state index contributed by atoms with van der Waals surface area (Å²) < 4.78 is 23.3. The molecule has 0 radical (unpaired) electrons. The van der Waals surface area contributed by atoms with Gasteiger partial charge in [0.25, 0.3) is 0 Å². The zero-order chi connectivity index (χ0) is 17.3. The predicted molar refractivity (Wildman–Crippen MR) is 112 cm³/mol. The summed E-state index contributed by atoms with van der Waals surface area (Å²) in [7, 11) is 3.23. The Bertz CT molecular complexity index is 893. The van der Waals surface area contributed by atoms with Crippen LogP contribution >= 0.6 is 0 Å². The van der Waals surface area contributed by atoms with E-state index in [0.29, 0.717) is 10.9 Å². The molecule has 28 heavy (non-hydrogen) atoms. The molecule has 0 fully saturated rings. The highest BCUT2D eigenvalue weighted by Crippen LogP contribution is 2.27. The van der Waals surface area contributed by atoms with Crippen molar-refractivity contribution in [3.63, 3.8) is 0 Å². The standard InChI is InChI=1S/C17H19N3O3S.Mg.3H2O.2H/c1-10-8-18-15(11(2)16(10)23-4)9-24(21)17-19-13-6-5-12(22-3)7-14(13)20-17;;;;;;/h5-8H,9H2,1-4H3,(H,19,20);;3*1H2;;/t24-;;;;;;/m0....../s1. The van der Waals surface area contributed by atoms with E-state index in [0.717, 1.165) is 33.6 Å². The van der Waals surface area contributed by atoms with Crippen LogP contribution in [0, 0.1) is 13.8 Å². The van der Waals surface area contributed by atoms with Crippen LogP contribution in [0.4, 0.5) is 0 Å². The first-order chi connectivity index (χ1) is 11.5. The van der Waals surface area contributed by atoms with Gasteiger partial charge < -0.3 is 30.5 Å². The number of hydrogen-bond donors (Lipinski definition) is 1. The average Bonchev–Trinajstić information content (AvgIpc) is 3.01. The van der Waals surface area contributed by atoms with Crippen LogP contribution < -0.4 is 9.47 Å². The molecule has 1 atom stereocenters. The number of pyridine rings is 1. The van der Waals surface area contributed by atoms with Crippen molar-refractivity contribution in [2.75, 3.05) is 14.2 Å². The number of fused-ring (bicyclic) bond motifs is 1. The minimum atomic E-state index is -1.33. The Morgan fingerprint density at radius 3 is 2.39 bits per heavy atom. The summed E-state index contributed by atoms with van der Waals surface area (Å²) in [6, 6.07) is 5.51. The van der Waals surface area contributed by atoms with E-state index >= 15 is 0 Å². The molecule has 0 amide bonds. The van der Waals surface area contributed by atoms with Crippen LogP contribution in [-0.2, 0) is 16.9 Å². The van der Waals surface area contributed by atoms with Gasteiger partial charge in [0.1, 0.15) is 11.5 Å². The minimum absolute atomic E-state index is 0. The lowest BCUT2D eigenvalue weighted by molar-refractivity contribution is 0.407. The first kappa shape index (κ1) is 28.6. The zero-order valence-corrected chi connectivity index (χ0v) is 16.4. The molecule has 0 aliphatic heterocycles. The molecule has 11 heteroatoms. The fourth-order valence-electron chi connectivity index (χ4n) is 2.61. The van der Waals surface area contributed by atoms with E-state index in [1.807, 2.05) is 32.0 Å². The molecule has 3 aromatic rings. The molecule has 0 aliphatic carbocycles. The number of hydrogen-bond acceptors (Lipinski definition) is 5. The van der Waals surface area contributed by atoms with Crippen molar-refractivity contribution in [2.45, 2.75) is 24.8 Å². The molecule has 0 aliphatic rings. The maximum atomic E-state index is 12.7. The van der Waals surface area contributed by atoms with Crippen LogP contribution in [-0.4, -0.2) is 73.2 Å². The zero-order valence-electron chi connectivity index (χ0n) is 15.5. The molecule has 7 N–H and O–H groups in total. The number of rotatable bonds is 5. The summed E-state index contributed by atoms with van der Waals surface area (Å²) in [6.45, 7) is 3.86. The summed E-state index contributed by atoms with van der Waals surface area (Å²) in [5.74, 6) is 1.78. The number of nitrogens with one attached hydrogen (secondary N) is 1. The Morgan fingerprint density at radius 1 is 1.11 bits per heavy atom. The molecule has 0 spiro atoms. The molecule has 1 aromatic carbocycles. The number of aryl methyl sites for hydroxylation is 1. The van der Waals surface area contributed by atoms with Gasteiger partial charge in [-0.25, -0.2) is 0 Å². The van der Waals surface area contributed by atoms with E-state index in [4.69, 9.17) is 9.47 Å². The maximum Gasteiger partial charge on any atom is 0.322 e. The number of aromatic amines is 1. The van der Waals surface area contributed by atoms with Crippen LogP contribution in [0.15, 0.2) is 29.6 Å². The molecule has 2 aromatic heterocycles. The van der Waals surface area contributed by atoms with Crippen molar-refractivity contribution < 1.29 is 30.5 Å². The third-order valence-electron chi connectivity index (χ3n) is 3.90. The lowest BCUT2D eigenvalue weighted by atomic mass is 10.1. The van der Waals surface area contributed by atoms with Gasteiger partial charge in [-0.05, 0) is 26.0 Å². The number of ether oxygens (including phenoxy) is 2. The van der Waals surface area contributed by atoms with Crippen molar-refractivity contribution in [1.29, 1.82) is 0 Å². The monoisotopic (exact) mass is 425 g/mol. The molecule has 3 rings (SSSR count). The summed E-state index contributed by atoms with van der Waals surface area (Å²) in [4.78, 5) is 11.9. The van der Waals surface area contributed by atoms with Gasteiger partial charge in [-0.3, -0.25) is 9.97 Å². The molecule has 0 saturated heterocycles. The number of imidazole rings is 1. The number of H-pyrrole nitrogens is 1. The van der Waals surface area contributed by atoms with Gasteiger partial charge in [0.2, 0.25) is 0 Å². The van der Waals surface area contributed by atoms with E-state index < -0.39 is 11.2 Å². The highest BCUT2D eigenvalue weighted by molar-refractivity contribution is 7.90. The second-order valence-corrected chi connectivity index (χ2v) is 6.83. The van der Waals surface area contributed by atoms with Gasteiger partial charge >= 0.3 is 28.2 Å². The van der Waals surface area contributed by atoms with Crippen molar-refractivity contribution in [3.05, 3.63) is 41.2 Å². The Hall–Kier alpha value is -1.60. The van der Waals surface area contributed by atoms with Gasteiger partial charge in [-0.2, -0.15) is 4.98 Å². The molecular formula is C17H27MgN3O6S. The smallest absolute Gasteiger partial charge is 0.322 e. The van der Waals surface area contributed by atoms with Crippen molar-refractivity contribution >= 4 is 45.3 Å². The first-order valence-corrected chi connectivity index (χ1v) is 8.76. The summed E-state index contributed by atoms with van der Waals surface area (Å²) in [6.07, 6.45) is 1.74. The predicted octanol–water partition coefficient (Wildman–Crippen LogP) is -0.491. The van der Waals surface area contributed by atoms with E-state index in [9.17, 15) is 4.55 Å². The number of aromatic nitrogens is 3. The SMILES string of the molecule is COc1ccc2[nH]c([S@@+]([O-])Cc3ncc(C)c(OC)c3C)nc2c1.O.O.O.[MgH2]. The third kappa shape index (κ3) is 5.70. The second-order valence-electron chi connectivity index (χ2n) is 5.46. The van der Waals surface area contributed by atoms with Crippen molar-refractivity contribution in [3.8, 4) is 11.5 Å². The highest BCUT2D eigenvalue weighted by Gasteiger charge is 2.21. The van der Waals surface area contributed by atoms with Crippen LogP contribution in [0.2, 0.25) is 0 Å². The minimum Gasteiger partial charge on any atom is -0.609 e. The van der Waals surface area contributed by atoms with E-state index in [-0.39, 0.29) is 45.2 Å². The number of methoxy groups -OCH3 is 2. The second kappa shape index (κ2) is 12.1. The fraction of sp³-hybridized carbons (Fsp3) is 0.294. The molecule has 154 valence electrons. The summed E-state index contributed by atoms with van der Waals surface area (Å²) >= 11 is -1.33. The molecule has 9 nitrogen and oxygen atoms in total. The molecule has 0 saturated carbocycles. The molecule has 0 unspecified atom stereocenters. The largest absolute Gasteiger partial charge is 0.609 e. The first-order valence-electron chi connectivity index (χ1n) is 7.44. The molecule has 0 bridgehead atoms. The Balaban J connectivity index is 0. The Morgan fingerprint density at radius 2 is 1.79 bits per heavy atom. The average molecular weight is 426 g/mol. The van der Waals surface area contributed by atoms with Crippen LogP contribution in [0.5, 0.6) is 11.5 Å². The molecular weight excluding hydrogens is 399 g/mol. The fourth-order valence-corrected chi connectivity index (χ4v) is 3.71. The Kier molecular flexibility index (Phi) is 12.3. The third-order valence-corrected chi connectivity index (χ3v) is 5.06. The topological polar surface area (TPSA) is 178 Å². The van der Waals surface area contributed by atoms with Gasteiger partial charge in [0.15, 0.2) is 5.75 Å². The van der Waals surface area contributed by atoms with Gasteiger partial charge in [-0.15, -0.1) is 0 Å². The van der Waals surface area contributed by atoms with Crippen LogP contribution in [0.3, 0.4) is 0 Å². The van der Waals surface area contributed by atoms with Gasteiger partial charge in [0.05, 0.1) is 30.9 Å².